The minimum absolute atomic E-state index is 0.298. The van der Waals surface area contributed by atoms with Gasteiger partial charge in [0.15, 0.2) is 5.41 Å². The smallest absolute Gasteiger partial charge is 0.327 e. The van der Waals surface area contributed by atoms with E-state index < -0.39 is 17.4 Å². The summed E-state index contributed by atoms with van der Waals surface area (Å²) < 4.78 is 9.50. The summed E-state index contributed by atoms with van der Waals surface area (Å²) >= 11 is 0. The van der Waals surface area contributed by atoms with E-state index in [9.17, 15) is 9.59 Å². The molecule has 106 valence electrons. The number of methoxy groups -OCH3 is 2. The highest BCUT2D eigenvalue weighted by Crippen LogP contribution is 2.29. The maximum Gasteiger partial charge on any atom is 0.327 e. The molecule has 0 saturated heterocycles. The zero-order valence-electron chi connectivity index (χ0n) is 12.0. The van der Waals surface area contributed by atoms with Gasteiger partial charge in [-0.25, -0.2) is 0 Å². The molecule has 0 atom stereocenters. The van der Waals surface area contributed by atoms with Crippen LogP contribution in [0.5, 0.6) is 0 Å². The molecule has 0 aromatic carbocycles. The van der Waals surface area contributed by atoms with E-state index in [4.69, 9.17) is 9.47 Å². The Morgan fingerprint density at radius 2 is 1.68 bits per heavy atom. The highest BCUT2D eigenvalue weighted by molar-refractivity contribution is 6.02. The lowest BCUT2D eigenvalue weighted by atomic mass is 9.84. The standard InChI is InChI=1S/C15H22O4/c1-4-15(13(16)18-2,14(17)19-3)11-10-12-8-6-5-7-9-12/h11H,4-9H2,1-3H3. The van der Waals surface area contributed by atoms with Crippen molar-refractivity contribution in [3.05, 3.63) is 17.4 Å². The van der Waals surface area contributed by atoms with Crippen LogP contribution in [0.3, 0.4) is 0 Å². The molecule has 0 aliphatic heterocycles. The van der Waals surface area contributed by atoms with Crippen molar-refractivity contribution in [2.45, 2.75) is 45.4 Å². The van der Waals surface area contributed by atoms with E-state index >= 15 is 0 Å². The third-order valence-corrected chi connectivity index (χ3v) is 3.64. The predicted octanol–water partition coefficient (Wildman–Crippen LogP) is 2.77. The van der Waals surface area contributed by atoms with Gasteiger partial charge in [0.25, 0.3) is 0 Å². The topological polar surface area (TPSA) is 52.6 Å². The molecule has 0 aromatic heterocycles. The predicted molar refractivity (Wildman–Crippen MR) is 71.4 cm³/mol. The first-order chi connectivity index (χ1) is 9.10. The van der Waals surface area contributed by atoms with E-state index in [-0.39, 0.29) is 0 Å². The summed E-state index contributed by atoms with van der Waals surface area (Å²) in [5.74, 6) is -1.18. The highest BCUT2D eigenvalue weighted by atomic mass is 16.5. The Morgan fingerprint density at radius 1 is 1.16 bits per heavy atom. The van der Waals surface area contributed by atoms with Gasteiger partial charge in [0, 0.05) is 0 Å². The van der Waals surface area contributed by atoms with Crippen LogP contribution in [-0.2, 0) is 19.1 Å². The fourth-order valence-electron chi connectivity index (χ4n) is 2.30. The van der Waals surface area contributed by atoms with Crippen LogP contribution in [0, 0.1) is 5.41 Å². The van der Waals surface area contributed by atoms with Gasteiger partial charge >= 0.3 is 11.9 Å². The minimum Gasteiger partial charge on any atom is -0.468 e. The Morgan fingerprint density at radius 3 is 2.11 bits per heavy atom. The maximum atomic E-state index is 11.9. The summed E-state index contributed by atoms with van der Waals surface area (Å²) in [5, 5.41) is 0. The van der Waals surface area contributed by atoms with Gasteiger partial charge in [0.2, 0.25) is 0 Å². The number of ether oxygens (including phenoxy) is 2. The van der Waals surface area contributed by atoms with Crippen LogP contribution >= 0.6 is 0 Å². The fourth-order valence-corrected chi connectivity index (χ4v) is 2.30. The number of carbonyl (C=O) groups excluding carboxylic acids is 2. The quantitative estimate of drug-likeness (QED) is 0.446. The van der Waals surface area contributed by atoms with E-state index in [1.54, 1.807) is 6.92 Å². The summed E-state index contributed by atoms with van der Waals surface area (Å²) in [6.07, 6.45) is 7.32. The van der Waals surface area contributed by atoms with Crippen molar-refractivity contribution in [1.29, 1.82) is 0 Å². The van der Waals surface area contributed by atoms with Gasteiger partial charge in [0.05, 0.1) is 14.2 Å². The molecule has 1 saturated carbocycles. The molecule has 19 heavy (non-hydrogen) atoms. The average Bonchev–Trinajstić information content (AvgIpc) is 2.48. The van der Waals surface area contributed by atoms with Crippen molar-refractivity contribution in [3.63, 3.8) is 0 Å². The maximum absolute atomic E-state index is 11.9. The van der Waals surface area contributed by atoms with E-state index in [0.717, 1.165) is 31.3 Å². The van der Waals surface area contributed by atoms with E-state index in [1.807, 2.05) is 0 Å². The normalized spacial score (nSPS) is 15.4. The molecule has 0 aromatic rings. The monoisotopic (exact) mass is 266 g/mol. The first-order valence-electron chi connectivity index (χ1n) is 6.73. The van der Waals surface area contributed by atoms with Crippen molar-refractivity contribution >= 4 is 11.9 Å². The zero-order valence-corrected chi connectivity index (χ0v) is 12.0. The Bertz CT molecular complexity index is 378. The molecule has 1 fully saturated rings. The summed E-state index contributed by atoms with van der Waals surface area (Å²) in [6, 6.07) is 0. The third-order valence-electron chi connectivity index (χ3n) is 3.64. The van der Waals surface area contributed by atoms with E-state index in [1.165, 1.54) is 26.7 Å². The third kappa shape index (κ3) is 3.48. The fraction of sp³-hybridized carbons (Fsp3) is 0.667. The molecule has 1 aliphatic rings. The van der Waals surface area contributed by atoms with Gasteiger partial charge in [0.1, 0.15) is 0 Å². The second-order valence-corrected chi connectivity index (χ2v) is 4.76. The summed E-state index contributed by atoms with van der Waals surface area (Å²) in [7, 11) is 2.55. The van der Waals surface area contributed by atoms with E-state index in [0.29, 0.717) is 6.42 Å². The number of esters is 2. The van der Waals surface area contributed by atoms with Gasteiger partial charge in [-0.3, -0.25) is 9.59 Å². The SMILES string of the molecule is CCC(C=C=C1CCCCC1)(C(=O)OC)C(=O)OC. The lowest BCUT2D eigenvalue weighted by Crippen LogP contribution is -2.38. The van der Waals surface area contributed by atoms with Gasteiger partial charge in [-0.05, 0) is 43.8 Å². The van der Waals surface area contributed by atoms with Crippen molar-refractivity contribution in [2.24, 2.45) is 5.41 Å². The molecular weight excluding hydrogens is 244 g/mol. The minimum atomic E-state index is -1.37. The molecule has 1 rings (SSSR count). The molecular formula is C15H22O4. The van der Waals surface area contributed by atoms with Crippen LogP contribution in [0.2, 0.25) is 0 Å². The number of rotatable bonds is 4. The molecule has 0 spiro atoms. The first-order valence-corrected chi connectivity index (χ1v) is 6.73. The Kier molecular flexibility index (Phi) is 5.84. The molecule has 0 N–H and O–H groups in total. The van der Waals surface area contributed by atoms with Crippen LogP contribution < -0.4 is 0 Å². The lowest BCUT2D eigenvalue weighted by molar-refractivity contribution is -0.165. The molecule has 0 amide bonds. The van der Waals surface area contributed by atoms with E-state index in [2.05, 4.69) is 5.73 Å². The molecule has 0 radical (unpaired) electrons. The summed E-state index contributed by atoms with van der Waals surface area (Å²) in [4.78, 5) is 23.9. The van der Waals surface area contributed by atoms with Crippen LogP contribution in [-0.4, -0.2) is 26.2 Å². The summed E-state index contributed by atoms with van der Waals surface area (Å²) in [5.41, 5.74) is 2.93. The van der Waals surface area contributed by atoms with Crippen molar-refractivity contribution in [1.82, 2.24) is 0 Å². The molecule has 4 nitrogen and oxygen atoms in total. The molecule has 4 heteroatoms. The molecule has 0 bridgehead atoms. The van der Waals surface area contributed by atoms with Crippen LogP contribution in [0.15, 0.2) is 17.4 Å². The first kappa shape index (κ1) is 15.5. The van der Waals surface area contributed by atoms with Crippen LogP contribution in [0.25, 0.3) is 0 Å². The van der Waals surface area contributed by atoms with Crippen molar-refractivity contribution in [3.8, 4) is 0 Å². The second kappa shape index (κ2) is 7.15. The highest BCUT2D eigenvalue weighted by Gasteiger charge is 2.44. The second-order valence-electron chi connectivity index (χ2n) is 4.76. The van der Waals surface area contributed by atoms with Gasteiger partial charge in [-0.1, -0.05) is 13.3 Å². The molecule has 0 unspecified atom stereocenters. The Balaban J connectivity index is 3.12. The number of carbonyl (C=O) groups is 2. The number of hydrogen-bond acceptors (Lipinski definition) is 4. The average molecular weight is 266 g/mol. The van der Waals surface area contributed by atoms with Crippen LogP contribution in [0.1, 0.15) is 45.4 Å². The van der Waals surface area contributed by atoms with Gasteiger partial charge < -0.3 is 9.47 Å². The van der Waals surface area contributed by atoms with Crippen LogP contribution in [0.4, 0.5) is 0 Å². The molecule has 0 heterocycles. The Hall–Kier alpha value is -1.54. The Labute approximate surface area is 114 Å². The summed E-state index contributed by atoms with van der Waals surface area (Å²) in [6.45, 7) is 1.76. The van der Waals surface area contributed by atoms with Gasteiger partial charge in [-0.15, -0.1) is 5.73 Å². The van der Waals surface area contributed by atoms with Gasteiger partial charge in [-0.2, -0.15) is 0 Å². The largest absolute Gasteiger partial charge is 0.468 e. The van der Waals surface area contributed by atoms with Crippen molar-refractivity contribution in [2.75, 3.05) is 14.2 Å². The lowest BCUT2D eigenvalue weighted by Gasteiger charge is -2.22. The number of hydrogen-bond donors (Lipinski definition) is 0. The molecule has 1 aliphatic carbocycles. The van der Waals surface area contributed by atoms with Crippen molar-refractivity contribution < 1.29 is 19.1 Å². The zero-order chi connectivity index (χ0) is 14.3.